The largest absolute Gasteiger partial charge is 0.416 e. The summed E-state index contributed by atoms with van der Waals surface area (Å²) in [5.41, 5.74) is -1.19. The third-order valence-corrected chi connectivity index (χ3v) is 4.10. The van der Waals surface area contributed by atoms with Crippen LogP contribution in [0.5, 0.6) is 0 Å². The Bertz CT molecular complexity index is 772. The standard InChI is InChI=1S/C8H6F3IO.C8H4F3IO/c2*9-8(10,11)6-1-5(4-13)2-7(12)3-6/h1-3,13H,4H2;1-4H. The SMILES string of the molecule is O=Cc1cc(I)cc(C(F)(F)F)c1.OCc1cc(I)cc(C(F)(F)F)c1. The molecule has 2 aromatic rings. The lowest BCUT2D eigenvalue weighted by Crippen LogP contribution is -2.06. The number of alkyl halides is 6. The third-order valence-electron chi connectivity index (χ3n) is 2.85. The Morgan fingerprint density at radius 2 is 1.27 bits per heavy atom. The van der Waals surface area contributed by atoms with Crippen LogP contribution in [-0.2, 0) is 19.0 Å². The van der Waals surface area contributed by atoms with Crippen molar-refractivity contribution in [2.45, 2.75) is 19.0 Å². The predicted molar refractivity (Wildman–Crippen MR) is 99.6 cm³/mol. The number of hydrogen-bond donors (Lipinski definition) is 1. The quantitative estimate of drug-likeness (QED) is 0.263. The van der Waals surface area contributed by atoms with E-state index < -0.39 is 23.5 Å². The van der Waals surface area contributed by atoms with Crippen LogP contribution in [0.3, 0.4) is 0 Å². The summed E-state index contributed by atoms with van der Waals surface area (Å²) in [7, 11) is 0. The molecule has 26 heavy (non-hydrogen) atoms. The van der Waals surface area contributed by atoms with Crippen molar-refractivity contribution in [2.24, 2.45) is 0 Å². The lowest BCUT2D eigenvalue weighted by Gasteiger charge is -2.08. The molecule has 0 saturated heterocycles. The van der Waals surface area contributed by atoms with E-state index in [1.165, 1.54) is 12.1 Å². The molecule has 142 valence electrons. The Morgan fingerprint density at radius 1 is 0.808 bits per heavy atom. The first-order valence-electron chi connectivity index (χ1n) is 6.67. The summed E-state index contributed by atoms with van der Waals surface area (Å²) in [6.45, 7) is -0.375. The second-order valence-electron chi connectivity index (χ2n) is 4.89. The van der Waals surface area contributed by atoms with Gasteiger partial charge in [-0.05, 0) is 87.1 Å². The van der Waals surface area contributed by atoms with Gasteiger partial charge in [-0.25, -0.2) is 0 Å². The van der Waals surface area contributed by atoms with E-state index in [4.69, 9.17) is 5.11 Å². The van der Waals surface area contributed by atoms with Crippen molar-refractivity contribution in [3.05, 3.63) is 65.8 Å². The minimum absolute atomic E-state index is 0.0409. The number of benzene rings is 2. The van der Waals surface area contributed by atoms with Gasteiger partial charge in [-0.3, -0.25) is 4.79 Å². The Morgan fingerprint density at radius 3 is 1.69 bits per heavy atom. The maximum atomic E-state index is 12.2. The molecule has 2 nitrogen and oxygen atoms in total. The summed E-state index contributed by atoms with van der Waals surface area (Å²) < 4.78 is 74.0. The fourth-order valence-corrected chi connectivity index (χ4v) is 3.18. The van der Waals surface area contributed by atoms with Gasteiger partial charge in [0.05, 0.1) is 17.7 Å². The van der Waals surface area contributed by atoms with Crippen molar-refractivity contribution in [3.8, 4) is 0 Å². The van der Waals surface area contributed by atoms with Gasteiger partial charge in [-0.2, -0.15) is 26.3 Å². The number of rotatable bonds is 2. The van der Waals surface area contributed by atoms with Gasteiger partial charge in [0.1, 0.15) is 6.29 Å². The van der Waals surface area contributed by atoms with Gasteiger partial charge in [0, 0.05) is 12.7 Å². The van der Waals surface area contributed by atoms with Crippen molar-refractivity contribution in [3.63, 3.8) is 0 Å². The summed E-state index contributed by atoms with van der Waals surface area (Å²) >= 11 is 3.52. The topological polar surface area (TPSA) is 37.3 Å². The van der Waals surface area contributed by atoms with E-state index in [9.17, 15) is 31.1 Å². The van der Waals surface area contributed by atoms with Crippen LogP contribution in [0.25, 0.3) is 0 Å². The Labute approximate surface area is 171 Å². The molecule has 0 saturated carbocycles. The molecule has 0 aliphatic heterocycles. The summed E-state index contributed by atoms with van der Waals surface area (Å²) in [6.07, 6.45) is -8.33. The zero-order valence-corrected chi connectivity index (χ0v) is 16.9. The molecule has 0 fully saturated rings. The average molecular weight is 602 g/mol. The van der Waals surface area contributed by atoms with E-state index in [1.54, 1.807) is 45.2 Å². The summed E-state index contributed by atoms with van der Waals surface area (Å²) in [5, 5.41) is 8.68. The maximum Gasteiger partial charge on any atom is 0.416 e. The molecule has 10 heteroatoms. The fraction of sp³-hybridized carbons (Fsp3) is 0.188. The summed E-state index contributed by atoms with van der Waals surface area (Å²) in [6, 6.07) is 6.71. The maximum absolute atomic E-state index is 12.2. The van der Waals surface area contributed by atoms with Crippen LogP contribution in [0, 0.1) is 7.14 Å². The molecule has 0 aliphatic carbocycles. The smallest absolute Gasteiger partial charge is 0.392 e. The van der Waals surface area contributed by atoms with Gasteiger partial charge in [0.25, 0.3) is 0 Å². The Balaban J connectivity index is 0.000000260. The molecular formula is C16H10F6I2O2. The van der Waals surface area contributed by atoms with Crippen molar-refractivity contribution in [2.75, 3.05) is 0 Å². The number of carbonyl (C=O) groups excluding carboxylic acids is 1. The van der Waals surface area contributed by atoms with E-state index in [2.05, 4.69) is 0 Å². The summed E-state index contributed by atoms with van der Waals surface area (Å²) in [4.78, 5) is 10.3. The molecule has 2 rings (SSSR count). The van der Waals surface area contributed by atoms with Crippen LogP contribution in [-0.4, -0.2) is 11.4 Å². The molecule has 0 aromatic heterocycles. The number of aliphatic hydroxyl groups is 1. The van der Waals surface area contributed by atoms with E-state index in [0.717, 1.165) is 24.3 Å². The van der Waals surface area contributed by atoms with E-state index in [-0.39, 0.29) is 17.7 Å². The van der Waals surface area contributed by atoms with Crippen LogP contribution in [0.2, 0.25) is 0 Å². The second-order valence-corrected chi connectivity index (χ2v) is 7.38. The summed E-state index contributed by atoms with van der Waals surface area (Å²) in [5.74, 6) is 0. The lowest BCUT2D eigenvalue weighted by atomic mass is 10.1. The number of carbonyl (C=O) groups is 1. The van der Waals surface area contributed by atoms with Crippen LogP contribution in [0.1, 0.15) is 27.0 Å². The van der Waals surface area contributed by atoms with E-state index in [0.29, 0.717) is 13.4 Å². The molecule has 0 bridgehead atoms. The molecule has 0 radical (unpaired) electrons. The normalized spacial score (nSPS) is 11.6. The average Bonchev–Trinajstić information content (AvgIpc) is 2.52. The first kappa shape index (κ1) is 23.1. The number of hydrogen-bond acceptors (Lipinski definition) is 2. The minimum Gasteiger partial charge on any atom is -0.392 e. The third kappa shape index (κ3) is 7.39. The highest BCUT2D eigenvalue weighted by molar-refractivity contribution is 14.1. The van der Waals surface area contributed by atoms with Crippen molar-refractivity contribution < 1.29 is 36.2 Å². The molecule has 0 spiro atoms. The fourth-order valence-electron chi connectivity index (χ4n) is 1.75. The second kappa shape index (κ2) is 9.35. The molecule has 0 atom stereocenters. The highest BCUT2D eigenvalue weighted by Crippen LogP contribution is 2.31. The minimum atomic E-state index is -4.39. The Hall–Kier alpha value is -0.890. The predicted octanol–water partition coefficient (Wildman–Crippen LogP) is 5.92. The molecule has 0 aliphatic rings. The van der Waals surface area contributed by atoms with Gasteiger partial charge in [0.2, 0.25) is 0 Å². The lowest BCUT2D eigenvalue weighted by molar-refractivity contribution is -0.138. The van der Waals surface area contributed by atoms with Gasteiger partial charge in [-0.15, -0.1) is 0 Å². The molecular weight excluding hydrogens is 592 g/mol. The zero-order chi connectivity index (χ0) is 20.1. The van der Waals surface area contributed by atoms with Gasteiger partial charge >= 0.3 is 12.4 Å². The first-order chi connectivity index (χ1) is 11.9. The molecule has 0 amide bonds. The van der Waals surface area contributed by atoms with Crippen molar-refractivity contribution >= 4 is 51.5 Å². The number of halogens is 8. The molecule has 0 unspecified atom stereocenters. The monoisotopic (exact) mass is 602 g/mol. The van der Waals surface area contributed by atoms with Gasteiger partial charge < -0.3 is 5.11 Å². The van der Waals surface area contributed by atoms with Crippen LogP contribution < -0.4 is 0 Å². The molecule has 2 aromatic carbocycles. The van der Waals surface area contributed by atoms with E-state index in [1.807, 2.05) is 0 Å². The number of aldehydes is 1. The zero-order valence-electron chi connectivity index (χ0n) is 12.6. The Kier molecular flexibility index (Phi) is 8.33. The van der Waals surface area contributed by atoms with Crippen LogP contribution >= 0.6 is 45.2 Å². The number of aliphatic hydroxyl groups excluding tert-OH is 1. The highest BCUT2D eigenvalue weighted by Gasteiger charge is 2.31. The molecule has 0 heterocycles. The van der Waals surface area contributed by atoms with Crippen LogP contribution in [0.4, 0.5) is 26.3 Å². The van der Waals surface area contributed by atoms with Gasteiger partial charge in [0.15, 0.2) is 0 Å². The van der Waals surface area contributed by atoms with Crippen molar-refractivity contribution in [1.82, 2.24) is 0 Å². The van der Waals surface area contributed by atoms with E-state index >= 15 is 0 Å². The highest BCUT2D eigenvalue weighted by atomic mass is 127. The molecule has 1 N–H and O–H groups in total. The van der Waals surface area contributed by atoms with Crippen LogP contribution in [0.15, 0.2) is 36.4 Å². The van der Waals surface area contributed by atoms with Gasteiger partial charge in [-0.1, -0.05) is 0 Å². The van der Waals surface area contributed by atoms with Crippen molar-refractivity contribution in [1.29, 1.82) is 0 Å². The first-order valence-corrected chi connectivity index (χ1v) is 8.83.